The van der Waals surface area contributed by atoms with Crippen LogP contribution in [0.4, 0.5) is 0 Å². The lowest BCUT2D eigenvalue weighted by Crippen LogP contribution is -2.48. The number of carboxylic acid groups (broad SMARTS) is 1. The lowest BCUT2D eigenvalue weighted by atomic mass is 10.1. The van der Waals surface area contributed by atoms with Crippen molar-refractivity contribution in [2.75, 3.05) is 21.1 Å². The fourth-order valence-corrected chi connectivity index (χ4v) is 2.83. The minimum atomic E-state index is -1.16. The third-order valence-electron chi connectivity index (χ3n) is 4.60. The Morgan fingerprint density at radius 1 is 1.00 bits per heavy atom. The van der Waals surface area contributed by atoms with Gasteiger partial charge in [-0.3, -0.25) is 9.28 Å². The molecule has 0 radical (unpaired) electrons. The van der Waals surface area contributed by atoms with Gasteiger partial charge >= 0.3 is 5.97 Å². The second kappa shape index (κ2) is 16.2. The van der Waals surface area contributed by atoms with E-state index in [0.29, 0.717) is 10.9 Å². The first-order valence-electron chi connectivity index (χ1n) is 10.8. The number of hydrogen-bond donors (Lipinski definition) is 1. The summed E-state index contributed by atoms with van der Waals surface area (Å²) in [5.74, 6) is -1.66. The zero-order valence-corrected chi connectivity index (χ0v) is 18.8. The quantitative estimate of drug-likeness (QED) is 0.131. The van der Waals surface area contributed by atoms with Crippen molar-refractivity contribution >= 4 is 11.9 Å². The molecule has 0 bridgehead atoms. The van der Waals surface area contributed by atoms with Gasteiger partial charge in [0.25, 0.3) is 0 Å². The van der Waals surface area contributed by atoms with E-state index in [1.165, 1.54) is 6.42 Å². The van der Waals surface area contributed by atoms with Crippen LogP contribution in [0.25, 0.3) is 0 Å². The van der Waals surface area contributed by atoms with Crippen LogP contribution in [0, 0.1) is 0 Å². The van der Waals surface area contributed by atoms with E-state index in [2.05, 4.69) is 31.2 Å². The van der Waals surface area contributed by atoms with Gasteiger partial charge < -0.3 is 19.7 Å². The monoisotopic (exact) mass is 411 g/mol. The second-order valence-electron chi connectivity index (χ2n) is 8.43. The highest BCUT2D eigenvalue weighted by molar-refractivity contribution is 5.70. The Balaban J connectivity index is 3.97. The Morgan fingerprint density at radius 3 is 2.24 bits per heavy atom. The number of aliphatic hydroxyl groups is 1. The Bertz CT molecular complexity index is 508. The van der Waals surface area contributed by atoms with Crippen LogP contribution in [-0.4, -0.2) is 55.0 Å². The lowest BCUT2D eigenvalue weighted by molar-refractivity contribution is -0.917. The zero-order valence-electron chi connectivity index (χ0n) is 18.8. The summed E-state index contributed by atoms with van der Waals surface area (Å²) in [5.41, 5.74) is 0. The average molecular weight is 412 g/mol. The molecule has 0 aliphatic heterocycles. The van der Waals surface area contributed by atoms with Gasteiger partial charge in [0.05, 0.1) is 33.7 Å². The van der Waals surface area contributed by atoms with Crippen molar-refractivity contribution in [1.82, 2.24) is 0 Å². The van der Waals surface area contributed by atoms with Gasteiger partial charge in [0, 0.05) is 12.4 Å². The summed E-state index contributed by atoms with van der Waals surface area (Å²) >= 11 is 0. The van der Waals surface area contributed by atoms with Gasteiger partial charge in [-0.05, 0) is 38.5 Å². The van der Waals surface area contributed by atoms with E-state index < -0.39 is 24.3 Å². The third kappa shape index (κ3) is 17.0. The number of nitrogens with zero attached hydrogens (tertiary/aromatic N) is 1. The first-order valence-corrected chi connectivity index (χ1v) is 10.8. The molecule has 29 heavy (non-hydrogen) atoms. The van der Waals surface area contributed by atoms with Crippen LogP contribution in [-0.2, 0) is 14.3 Å². The molecule has 0 aromatic rings. The van der Waals surface area contributed by atoms with Crippen molar-refractivity contribution in [2.45, 2.75) is 89.9 Å². The van der Waals surface area contributed by atoms with Crippen LogP contribution in [0.5, 0.6) is 0 Å². The molecule has 0 aromatic heterocycles. The predicted molar refractivity (Wildman–Crippen MR) is 114 cm³/mol. The molecule has 0 saturated carbocycles. The van der Waals surface area contributed by atoms with Gasteiger partial charge in [0.15, 0.2) is 0 Å². The Hall–Kier alpha value is -1.66. The predicted octanol–water partition coefficient (Wildman–Crippen LogP) is 3.10. The molecule has 0 heterocycles. The van der Waals surface area contributed by atoms with Crippen molar-refractivity contribution < 1.29 is 29.0 Å². The van der Waals surface area contributed by atoms with E-state index in [4.69, 9.17) is 4.74 Å². The van der Waals surface area contributed by atoms with Gasteiger partial charge in [-0.15, -0.1) is 0 Å². The lowest BCUT2D eigenvalue weighted by Gasteiger charge is -2.33. The Morgan fingerprint density at radius 2 is 1.66 bits per heavy atom. The maximum Gasteiger partial charge on any atom is 0.312 e. The Labute approximate surface area is 176 Å². The number of carbonyl (C=O) groups is 2. The molecule has 1 unspecified atom stereocenters. The first kappa shape index (κ1) is 27.3. The highest BCUT2D eigenvalue weighted by Crippen LogP contribution is 2.15. The fourth-order valence-electron chi connectivity index (χ4n) is 2.83. The van der Waals surface area contributed by atoms with E-state index in [9.17, 15) is 19.8 Å². The van der Waals surface area contributed by atoms with Crippen molar-refractivity contribution in [2.24, 2.45) is 0 Å². The summed E-state index contributed by atoms with van der Waals surface area (Å²) in [4.78, 5) is 22.8. The Kier molecular flexibility index (Phi) is 15.2. The number of carboxylic acids is 1. The van der Waals surface area contributed by atoms with Crippen LogP contribution < -0.4 is 5.11 Å². The summed E-state index contributed by atoms with van der Waals surface area (Å²) < 4.78 is 5.71. The highest BCUT2D eigenvalue weighted by Gasteiger charge is 2.28. The topological polar surface area (TPSA) is 86.7 Å². The van der Waals surface area contributed by atoms with Gasteiger partial charge in [-0.25, -0.2) is 0 Å². The molecule has 0 fully saturated rings. The number of esters is 1. The van der Waals surface area contributed by atoms with E-state index in [1.54, 1.807) is 0 Å². The molecule has 0 aromatic carbocycles. The van der Waals surface area contributed by atoms with E-state index in [0.717, 1.165) is 38.5 Å². The number of ether oxygens (including phenoxy) is 1. The molecule has 0 rings (SSSR count). The SMILES string of the molecule is CCC/C=C\C/C=C\CCCCCC(O)CC(=O)O[C@@H](CCC(=O)[O-])[N+](C)(C)C. The fraction of sp³-hybridized carbons (Fsp3) is 0.739. The van der Waals surface area contributed by atoms with E-state index >= 15 is 0 Å². The van der Waals surface area contributed by atoms with E-state index in [1.807, 2.05) is 21.1 Å². The first-order chi connectivity index (χ1) is 13.7. The minimum absolute atomic E-state index is 0.0637. The van der Waals surface area contributed by atoms with Crippen LogP contribution in [0.15, 0.2) is 24.3 Å². The molecule has 0 aliphatic carbocycles. The van der Waals surface area contributed by atoms with Crippen molar-refractivity contribution in [1.29, 1.82) is 0 Å². The number of aliphatic carboxylic acids is 1. The molecule has 6 nitrogen and oxygen atoms in total. The third-order valence-corrected chi connectivity index (χ3v) is 4.60. The second-order valence-corrected chi connectivity index (χ2v) is 8.43. The van der Waals surface area contributed by atoms with Crippen LogP contribution in [0.1, 0.15) is 77.6 Å². The van der Waals surface area contributed by atoms with Gasteiger partial charge in [0.1, 0.15) is 0 Å². The maximum absolute atomic E-state index is 12.1. The number of unbranched alkanes of at least 4 members (excludes halogenated alkanes) is 4. The largest absolute Gasteiger partial charge is 0.550 e. The van der Waals surface area contributed by atoms with Gasteiger partial charge in [0.2, 0.25) is 6.23 Å². The van der Waals surface area contributed by atoms with Gasteiger partial charge in [-0.1, -0.05) is 50.5 Å². The molecule has 0 spiro atoms. The summed E-state index contributed by atoms with van der Waals surface area (Å²) in [7, 11) is 5.50. The molecule has 2 atom stereocenters. The molecule has 168 valence electrons. The van der Waals surface area contributed by atoms with Crippen molar-refractivity contribution in [3.63, 3.8) is 0 Å². The maximum atomic E-state index is 12.1. The molecule has 0 aliphatic rings. The number of allylic oxidation sites excluding steroid dienone is 4. The minimum Gasteiger partial charge on any atom is -0.550 e. The number of hydrogen-bond acceptors (Lipinski definition) is 5. The number of quaternary nitrogens is 1. The van der Waals surface area contributed by atoms with Crippen LogP contribution in [0.2, 0.25) is 0 Å². The van der Waals surface area contributed by atoms with Crippen LogP contribution >= 0.6 is 0 Å². The standard InChI is InChI=1S/C23H41NO5/c1-5-6-7-8-9-10-11-12-13-14-15-16-20(25)19-23(28)29-21(24(2,3)4)17-18-22(26)27/h7-8,10-11,20-21,25H,5-6,9,12-19H2,1-4H3/b8-7-,11-10-/t20?,21-/m0/s1. The average Bonchev–Trinajstić information content (AvgIpc) is 2.62. The number of rotatable bonds is 17. The molecular formula is C23H41NO5. The molecule has 0 saturated heterocycles. The molecule has 1 N–H and O–H groups in total. The van der Waals surface area contributed by atoms with Gasteiger partial charge in [-0.2, -0.15) is 0 Å². The van der Waals surface area contributed by atoms with Crippen LogP contribution in [0.3, 0.4) is 0 Å². The normalized spacial score (nSPS) is 14.4. The van der Waals surface area contributed by atoms with Crippen molar-refractivity contribution in [3.05, 3.63) is 24.3 Å². The highest BCUT2D eigenvalue weighted by atomic mass is 16.6. The summed E-state index contributed by atoms with van der Waals surface area (Å²) in [5, 5.41) is 20.7. The molecule has 0 amide bonds. The van der Waals surface area contributed by atoms with E-state index in [-0.39, 0.29) is 19.3 Å². The number of carbonyl (C=O) groups excluding carboxylic acids is 2. The summed E-state index contributed by atoms with van der Waals surface area (Å²) in [6, 6.07) is 0. The summed E-state index contributed by atoms with van der Waals surface area (Å²) in [6.07, 6.45) is 15.3. The number of aliphatic hydroxyl groups excluding tert-OH is 1. The zero-order chi connectivity index (χ0) is 22.1. The smallest absolute Gasteiger partial charge is 0.312 e. The molecular weight excluding hydrogens is 370 g/mol. The molecule has 6 heteroatoms. The van der Waals surface area contributed by atoms with Crippen molar-refractivity contribution in [3.8, 4) is 0 Å². The summed E-state index contributed by atoms with van der Waals surface area (Å²) in [6.45, 7) is 2.17.